The molecule has 0 unspecified atom stereocenters. The minimum atomic E-state index is 0.192. The lowest BCUT2D eigenvalue weighted by atomic mass is 9.97. The van der Waals surface area contributed by atoms with Gasteiger partial charge in [-0.05, 0) is 23.3 Å². The van der Waals surface area contributed by atoms with Crippen molar-refractivity contribution in [2.45, 2.75) is 13.1 Å². The molecule has 30 heavy (non-hydrogen) atoms. The third kappa shape index (κ3) is 2.98. The lowest BCUT2D eigenvalue weighted by Gasteiger charge is -2.12. The second-order valence-corrected chi connectivity index (χ2v) is 7.03. The molecule has 5 rings (SSSR count). The van der Waals surface area contributed by atoms with Crippen LogP contribution >= 0.6 is 0 Å². The summed E-state index contributed by atoms with van der Waals surface area (Å²) in [7, 11) is 0. The first kappa shape index (κ1) is 18.0. The Labute approximate surface area is 173 Å². The molecule has 0 aliphatic rings. The maximum atomic E-state index is 7.14. The fourth-order valence-corrected chi connectivity index (χ4v) is 3.68. The van der Waals surface area contributed by atoms with Crippen LogP contribution < -0.4 is 5.73 Å². The zero-order chi connectivity index (χ0) is 20.5. The van der Waals surface area contributed by atoms with Gasteiger partial charge in [-0.15, -0.1) is 10.2 Å². The molecule has 2 aromatic carbocycles. The minimum absolute atomic E-state index is 0.192. The molecule has 0 atom stereocenters. The van der Waals surface area contributed by atoms with Gasteiger partial charge in [0.1, 0.15) is 0 Å². The summed E-state index contributed by atoms with van der Waals surface area (Å²) in [6, 6.07) is 22.5. The molecule has 0 radical (unpaired) electrons. The highest BCUT2D eigenvalue weighted by atomic mass is 15.3. The van der Waals surface area contributed by atoms with E-state index in [-0.39, 0.29) is 6.54 Å². The summed E-state index contributed by atoms with van der Waals surface area (Å²) >= 11 is 0. The fraction of sp³-hybridized carbons (Fsp3) is 0.0833. The third-order valence-electron chi connectivity index (χ3n) is 5.21. The molecule has 0 aliphatic heterocycles. The van der Waals surface area contributed by atoms with Crippen molar-refractivity contribution in [2.75, 3.05) is 0 Å². The molecule has 0 saturated carbocycles. The first-order valence-electron chi connectivity index (χ1n) is 9.64. The second-order valence-electron chi connectivity index (χ2n) is 7.03. The van der Waals surface area contributed by atoms with E-state index in [0.717, 1.165) is 38.9 Å². The first-order chi connectivity index (χ1) is 14.8. The average molecular weight is 390 g/mol. The Morgan fingerprint density at radius 2 is 1.73 bits per heavy atom. The summed E-state index contributed by atoms with van der Waals surface area (Å²) < 4.78 is 1.87. The van der Waals surface area contributed by atoms with E-state index in [1.54, 1.807) is 0 Å². The van der Waals surface area contributed by atoms with Gasteiger partial charge in [-0.2, -0.15) is 0 Å². The SMILES string of the molecule is [C-]#[N+]Cc1nnc2c3cc(-c4ccccc4)c(-c4ccc(CN)cc4)nc3ccn12. The number of rotatable bonds is 4. The number of nitrogens with two attached hydrogens (primary N) is 1. The van der Waals surface area contributed by atoms with Crippen molar-refractivity contribution < 1.29 is 0 Å². The largest absolute Gasteiger partial charge is 0.326 e. The van der Waals surface area contributed by atoms with Crippen LogP contribution in [0.4, 0.5) is 0 Å². The molecule has 144 valence electrons. The molecule has 0 spiro atoms. The van der Waals surface area contributed by atoms with E-state index in [0.29, 0.717) is 18.0 Å². The van der Waals surface area contributed by atoms with Crippen molar-refractivity contribution in [3.63, 3.8) is 0 Å². The van der Waals surface area contributed by atoms with E-state index < -0.39 is 0 Å². The fourth-order valence-electron chi connectivity index (χ4n) is 3.68. The maximum absolute atomic E-state index is 7.14. The van der Waals surface area contributed by atoms with Crippen molar-refractivity contribution in [2.24, 2.45) is 5.73 Å². The Balaban J connectivity index is 1.80. The van der Waals surface area contributed by atoms with Crippen LogP contribution in [0.2, 0.25) is 0 Å². The van der Waals surface area contributed by atoms with Gasteiger partial charge in [-0.3, -0.25) is 4.40 Å². The highest BCUT2D eigenvalue weighted by Gasteiger charge is 2.16. The van der Waals surface area contributed by atoms with Gasteiger partial charge < -0.3 is 10.6 Å². The van der Waals surface area contributed by atoms with Crippen molar-refractivity contribution in [1.29, 1.82) is 0 Å². The van der Waals surface area contributed by atoms with Gasteiger partial charge in [0.2, 0.25) is 5.82 Å². The lowest BCUT2D eigenvalue weighted by molar-refractivity contribution is 0.950. The predicted molar refractivity (Wildman–Crippen MR) is 117 cm³/mol. The van der Waals surface area contributed by atoms with Gasteiger partial charge in [-0.25, -0.2) is 11.6 Å². The summed E-state index contributed by atoms with van der Waals surface area (Å²) in [5.74, 6) is 0.629. The standard InChI is InChI=1S/C24H18N6/c1-26-15-22-28-29-24-20-13-19(17-5-3-2-4-6-17)23(27-21(20)11-12-30(22)24)18-9-7-16(14-25)8-10-18/h2-13H,14-15,25H2. The number of pyridine rings is 2. The monoisotopic (exact) mass is 390 g/mol. The smallest absolute Gasteiger partial charge is 0.273 e. The number of hydrogen-bond acceptors (Lipinski definition) is 4. The lowest BCUT2D eigenvalue weighted by Crippen LogP contribution is -1.97. The Kier molecular flexibility index (Phi) is 4.43. The van der Waals surface area contributed by atoms with Crippen LogP contribution in [-0.4, -0.2) is 19.6 Å². The Morgan fingerprint density at radius 1 is 0.933 bits per heavy atom. The summed E-state index contributed by atoms with van der Waals surface area (Å²) in [5, 5.41) is 9.44. The summed E-state index contributed by atoms with van der Waals surface area (Å²) in [4.78, 5) is 8.45. The van der Waals surface area contributed by atoms with E-state index in [2.05, 4.69) is 45.4 Å². The highest BCUT2D eigenvalue weighted by Crippen LogP contribution is 2.34. The van der Waals surface area contributed by atoms with Crippen molar-refractivity contribution in [3.8, 4) is 22.4 Å². The molecule has 5 aromatic rings. The molecular formula is C24H18N6. The number of hydrogen-bond donors (Lipinski definition) is 1. The van der Waals surface area contributed by atoms with E-state index in [9.17, 15) is 0 Å². The topological polar surface area (TPSA) is 73.5 Å². The molecule has 0 saturated heterocycles. The molecular weight excluding hydrogens is 372 g/mol. The first-order valence-corrected chi connectivity index (χ1v) is 9.64. The van der Waals surface area contributed by atoms with Crippen molar-refractivity contribution in [1.82, 2.24) is 19.6 Å². The zero-order valence-electron chi connectivity index (χ0n) is 16.2. The predicted octanol–water partition coefficient (Wildman–Crippen LogP) is 4.49. The van der Waals surface area contributed by atoms with Gasteiger partial charge >= 0.3 is 0 Å². The molecule has 3 aromatic heterocycles. The van der Waals surface area contributed by atoms with Gasteiger partial charge in [0.15, 0.2) is 5.65 Å². The number of nitrogens with zero attached hydrogens (tertiary/aromatic N) is 5. The quantitative estimate of drug-likeness (QED) is 0.459. The van der Waals surface area contributed by atoms with Gasteiger partial charge in [0.05, 0.1) is 11.2 Å². The van der Waals surface area contributed by atoms with Crippen LogP contribution in [-0.2, 0) is 13.1 Å². The zero-order valence-corrected chi connectivity index (χ0v) is 16.2. The Hall–Kier alpha value is -4.08. The van der Waals surface area contributed by atoms with Crippen LogP contribution in [0.1, 0.15) is 11.4 Å². The minimum Gasteiger partial charge on any atom is -0.326 e. The van der Waals surface area contributed by atoms with E-state index >= 15 is 0 Å². The molecule has 6 nitrogen and oxygen atoms in total. The molecule has 0 aliphatic carbocycles. The molecule has 0 amide bonds. The van der Waals surface area contributed by atoms with Crippen molar-refractivity contribution in [3.05, 3.63) is 95.7 Å². The summed E-state index contributed by atoms with van der Waals surface area (Å²) in [5.41, 5.74) is 12.4. The van der Waals surface area contributed by atoms with Crippen LogP contribution in [0.3, 0.4) is 0 Å². The Morgan fingerprint density at radius 3 is 2.47 bits per heavy atom. The molecule has 6 heteroatoms. The summed E-state index contributed by atoms with van der Waals surface area (Å²) in [6.07, 6.45) is 1.88. The molecule has 0 bridgehead atoms. The van der Waals surface area contributed by atoms with Crippen LogP contribution in [0.5, 0.6) is 0 Å². The van der Waals surface area contributed by atoms with Gasteiger partial charge in [0.25, 0.3) is 6.54 Å². The Bertz CT molecular complexity index is 1400. The van der Waals surface area contributed by atoms with Crippen molar-refractivity contribution >= 4 is 16.6 Å². The summed E-state index contributed by atoms with van der Waals surface area (Å²) in [6.45, 7) is 7.84. The second kappa shape index (κ2) is 7.39. The number of fused-ring (bicyclic) bond motifs is 3. The van der Waals surface area contributed by atoms with Crippen LogP contribution in [0, 0.1) is 6.57 Å². The van der Waals surface area contributed by atoms with Crippen LogP contribution in [0.15, 0.2) is 72.9 Å². The maximum Gasteiger partial charge on any atom is 0.273 e. The average Bonchev–Trinajstić information content (AvgIpc) is 3.22. The molecule has 2 N–H and O–H groups in total. The normalized spacial score (nSPS) is 11.1. The molecule has 0 fully saturated rings. The van der Waals surface area contributed by atoms with Gasteiger partial charge in [-0.1, -0.05) is 54.6 Å². The number of benzene rings is 2. The highest BCUT2D eigenvalue weighted by molar-refractivity contribution is 5.98. The number of aromatic nitrogens is 4. The molecule has 3 heterocycles. The van der Waals surface area contributed by atoms with Crippen LogP contribution in [0.25, 0.3) is 43.8 Å². The third-order valence-corrected chi connectivity index (χ3v) is 5.21. The van der Waals surface area contributed by atoms with Gasteiger partial charge in [0, 0.05) is 29.3 Å². The van der Waals surface area contributed by atoms with E-state index in [1.807, 2.05) is 47.0 Å². The van der Waals surface area contributed by atoms with E-state index in [4.69, 9.17) is 17.3 Å². The van der Waals surface area contributed by atoms with E-state index in [1.165, 1.54) is 0 Å².